The highest BCUT2D eigenvalue weighted by Crippen LogP contribution is 2.44. The van der Waals surface area contributed by atoms with Gasteiger partial charge in [0.25, 0.3) is 0 Å². The zero-order valence-electron chi connectivity index (χ0n) is 11.8. The number of likely N-dealkylation sites (N-methyl/N-ethyl adjacent to an activating group) is 1. The maximum atomic E-state index is 2.57. The third kappa shape index (κ3) is 2.03. The molecule has 1 aliphatic heterocycles. The normalized spacial score (nSPS) is 22.8. The molecule has 2 heteroatoms. The van der Waals surface area contributed by atoms with E-state index in [-0.39, 0.29) is 0 Å². The van der Waals surface area contributed by atoms with Gasteiger partial charge in [0.1, 0.15) is 0 Å². The predicted molar refractivity (Wildman–Crippen MR) is 77.3 cm³/mol. The van der Waals surface area contributed by atoms with Crippen LogP contribution in [0.25, 0.3) is 0 Å². The first-order chi connectivity index (χ1) is 8.61. The lowest BCUT2D eigenvalue weighted by Crippen LogP contribution is -2.53. The number of hydrogen-bond donors (Lipinski definition) is 0. The molecule has 1 spiro atoms. The van der Waals surface area contributed by atoms with Gasteiger partial charge in [0.15, 0.2) is 0 Å². The van der Waals surface area contributed by atoms with Crippen molar-refractivity contribution in [1.29, 1.82) is 0 Å². The molecule has 1 heterocycles. The van der Waals surface area contributed by atoms with Crippen LogP contribution in [0, 0.1) is 0 Å². The molecule has 1 aliphatic carbocycles. The fourth-order valence-electron chi connectivity index (χ4n) is 3.04. The second kappa shape index (κ2) is 4.27. The van der Waals surface area contributed by atoms with Gasteiger partial charge in [-0.2, -0.15) is 0 Å². The number of benzene rings is 1. The molecule has 18 heavy (non-hydrogen) atoms. The molecule has 98 valence electrons. The van der Waals surface area contributed by atoms with Crippen LogP contribution in [0.15, 0.2) is 24.3 Å². The summed E-state index contributed by atoms with van der Waals surface area (Å²) in [7, 11) is 2.28. The summed E-state index contributed by atoms with van der Waals surface area (Å²) in [6, 6.07) is 9.18. The number of nitrogens with zero attached hydrogens (tertiary/aromatic N) is 2. The summed E-state index contributed by atoms with van der Waals surface area (Å²) in [5.41, 5.74) is 3.35. The van der Waals surface area contributed by atoms with Crippen LogP contribution < -0.4 is 4.90 Å². The van der Waals surface area contributed by atoms with Crippen LogP contribution in [0.5, 0.6) is 0 Å². The van der Waals surface area contributed by atoms with Crippen LogP contribution in [0.4, 0.5) is 5.69 Å². The van der Waals surface area contributed by atoms with Crippen molar-refractivity contribution in [3.05, 3.63) is 29.8 Å². The van der Waals surface area contributed by atoms with Gasteiger partial charge in [-0.25, -0.2) is 0 Å². The molecular weight excluding hydrogens is 220 g/mol. The Hall–Kier alpha value is -1.02. The number of anilines is 1. The molecule has 0 atom stereocenters. The zero-order chi connectivity index (χ0) is 12.8. The van der Waals surface area contributed by atoms with Crippen LogP contribution in [-0.4, -0.2) is 37.1 Å². The Kier molecular flexibility index (Phi) is 2.86. The summed E-state index contributed by atoms with van der Waals surface area (Å²) in [6.45, 7) is 8.09. The first-order valence-corrected chi connectivity index (χ1v) is 7.17. The van der Waals surface area contributed by atoms with E-state index in [1.54, 1.807) is 0 Å². The Morgan fingerprint density at radius 2 is 1.72 bits per heavy atom. The van der Waals surface area contributed by atoms with Crippen molar-refractivity contribution in [2.45, 2.75) is 38.1 Å². The molecule has 0 amide bonds. The Morgan fingerprint density at radius 1 is 1.06 bits per heavy atom. The largest absolute Gasteiger partial charge is 0.368 e. The summed E-state index contributed by atoms with van der Waals surface area (Å²) in [5.74, 6) is 0.626. The van der Waals surface area contributed by atoms with E-state index in [4.69, 9.17) is 0 Å². The molecule has 2 nitrogen and oxygen atoms in total. The van der Waals surface area contributed by atoms with Gasteiger partial charge in [-0.1, -0.05) is 26.0 Å². The van der Waals surface area contributed by atoms with Gasteiger partial charge in [0.2, 0.25) is 0 Å². The molecule has 1 saturated carbocycles. The van der Waals surface area contributed by atoms with Gasteiger partial charge >= 0.3 is 0 Å². The lowest BCUT2D eigenvalue weighted by Gasteiger charge is -2.41. The zero-order valence-corrected chi connectivity index (χ0v) is 11.8. The topological polar surface area (TPSA) is 6.48 Å². The van der Waals surface area contributed by atoms with Crippen LogP contribution >= 0.6 is 0 Å². The molecule has 0 aromatic heterocycles. The summed E-state index contributed by atoms with van der Waals surface area (Å²) in [5, 5.41) is 0. The molecule has 1 aromatic carbocycles. The molecule has 1 aromatic rings. The van der Waals surface area contributed by atoms with Crippen molar-refractivity contribution in [2.75, 3.05) is 31.6 Å². The minimum atomic E-state index is 0.509. The number of piperazine rings is 1. The van der Waals surface area contributed by atoms with Crippen LogP contribution in [0.3, 0.4) is 0 Å². The Labute approximate surface area is 111 Å². The van der Waals surface area contributed by atoms with Crippen molar-refractivity contribution in [1.82, 2.24) is 4.90 Å². The van der Waals surface area contributed by atoms with Crippen molar-refractivity contribution >= 4 is 5.69 Å². The van der Waals surface area contributed by atoms with E-state index in [1.165, 1.54) is 43.7 Å². The molecule has 3 rings (SSSR count). The van der Waals surface area contributed by atoms with Crippen molar-refractivity contribution < 1.29 is 0 Å². The van der Waals surface area contributed by atoms with Gasteiger partial charge in [-0.3, -0.25) is 4.90 Å². The van der Waals surface area contributed by atoms with E-state index in [0.29, 0.717) is 11.5 Å². The third-order valence-electron chi connectivity index (χ3n) is 4.75. The van der Waals surface area contributed by atoms with Crippen molar-refractivity contribution in [3.8, 4) is 0 Å². The molecule has 0 radical (unpaired) electrons. The summed E-state index contributed by atoms with van der Waals surface area (Å²) >= 11 is 0. The highest BCUT2D eigenvalue weighted by Gasteiger charge is 2.49. The minimum Gasteiger partial charge on any atom is -0.368 e. The monoisotopic (exact) mass is 244 g/mol. The fourth-order valence-corrected chi connectivity index (χ4v) is 3.04. The summed E-state index contributed by atoms with van der Waals surface area (Å²) in [4.78, 5) is 5.13. The lowest BCUT2D eigenvalue weighted by atomic mass is 10.0. The molecule has 2 fully saturated rings. The number of hydrogen-bond acceptors (Lipinski definition) is 2. The van der Waals surface area contributed by atoms with Gasteiger partial charge in [-0.15, -0.1) is 0 Å². The van der Waals surface area contributed by atoms with Gasteiger partial charge in [0.05, 0.1) is 0 Å². The molecule has 2 aliphatic rings. The summed E-state index contributed by atoms with van der Waals surface area (Å²) in [6.07, 6.45) is 2.76. The van der Waals surface area contributed by atoms with E-state index < -0.39 is 0 Å². The Bertz CT molecular complexity index is 417. The van der Waals surface area contributed by atoms with Gasteiger partial charge in [-0.05, 0) is 43.5 Å². The van der Waals surface area contributed by atoms with Gasteiger partial charge in [0, 0.05) is 30.9 Å². The Morgan fingerprint density at radius 3 is 2.28 bits per heavy atom. The highest BCUT2D eigenvalue weighted by atomic mass is 15.3. The average molecular weight is 244 g/mol. The SMILES string of the molecule is CC(C)c1ccc(N2CCN(C)C3(CC3)C2)cc1. The molecule has 0 N–H and O–H groups in total. The van der Waals surface area contributed by atoms with Crippen molar-refractivity contribution in [3.63, 3.8) is 0 Å². The molecule has 0 bridgehead atoms. The molecule has 1 saturated heterocycles. The Balaban J connectivity index is 1.75. The standard InChI is InChI=1S/C16H24N2/c1-13(2)14-4-6-15(7-5-14)18-11-10-17(3)16(12-18)8-9-16/h4-7,13H,8-12H2,1-3H3. The van der Waals surface area contributed by atoms with Crippen LogP contribution in [0.1, 0.15) is 38.2 Å². The maximum Gasteiger partial charge on any atom is 0.0383 e. The third-order valence-corrected chi connectivity index (χ3v) is 4.75. The second-order valence-corrected chi connectivity index (χ2v) is 6.31. The van der Waals surface area contributed by atoms with E-state index in [0.717, 1.165) is 0 Å². The van der Waals surface area contributed by atoms with Gasteiger partial charge < -0.3 is 4.90 Å². The van der Waals surface area contributed by atoms with E-state index >= 15 is 0 Å². The lowest BCUT2D eigenvalue weighted by molar-refractivity contribution is 0.199. The van der Waals surface area contributed by atoms with Crippen LogP contribution in [0.2, 0.25) is 0 Å². The molecule has 0 unspecified atom stereocenters. The quantitative estimate of drug-likeness (QED) is 0.789. The minimum absolute atomic E-state index is 0.509. The summed E-state index contributed by atoms with van der Waals surface area (Å²) < 4.78 is 0. The first-order valence-electron chi connectivity index (χ1n) is 7.17. The maximum absolute atomic E-state index is 2.57. The second-order valence-electron chi connectivity index (χ2n) is 6.31. The van der Waals surface area contributed by atoms with Crippen LogP contribution in [-0.2, 0) is 0 Å². The highest BCUT2D eigenvalue weighted by molar-refractivity contribution is 5.49. The molecular formula is C16H24N2. The predicted octanol–water partition coefficient (Wildman–Crippen LogP) is 3.09. The van der Waals surface area contributed by atoms with E-state index in [9.17, 15) is 0 Å². The average Bonchev–Trinajstić information content (AvgIpc) is 3.14. The first kappa shape index (κ1) is 12.0. The fraction of sp³-hybridized carbons (Fsp3) is 0.625. The van der Waals surface area contributed by atoms with Crippen molar-refractivity contribution in [2.24, 2.45) is 0 Å². The van der Waals surface area contributed by atoms with E-state index in [2.05, 4.69) is 55.0 Å². The number of rotatable bonds is 2. The smallest absolute Gasteiger partial charge is 0.0383 e. The van der Waals surface area contributed by atoms with E-state index in [1.807, 2.05) is 0 Å².